The molecule has 138 valence electrons. The van der Waals surface area contributed by atoms with E-state index in [1.54, 1.807) is 13.3 Å². The summed E-state index contributed by atoms with van der Waals surface area (Å²) in [7, 11) is 1.59. The van der Waals surface area contributed by atoms with E-state index in [2.05, 4.69) is 46.7 Å². The zero-order chi connectivity index (χ0) is 18.8. The third-order valence-corrected chi connectivity index (χ3v) is 3.97. The fourth-order valence-corrected chi connectivity index (χ4v) is 2.54. The van der Waals surface area contributed by atoms with Crippen LogP contribution in [0.2, 0.25) is 0 Å². The van der Waals surface area contributed by atoms with Crippen LogP contribution in [-0.4, -0.2) is 38.9 Å². The number of hydrogen-bond acceptors (Lipinski definition) is 5. The van der Waals surface area contributed by atoms with Gasteiger partial charge in [-0.05, 0) is 43.7 Å². The number of carbonyl (C=O) groups is 1. The Hall–Kier alpha value is -3.02. The molecule has 0 spiro atoms. The number of anilines is 2. The first kappa shape index (κ1) is 19.3. The van der Waals surface area contributed by atoms with Gasteiger partial charge in [-0.25, -0.2) is 5.43 Å². The van der Waals surface area contributed by atoms with Gasteiger partial charge in [-0.1, -0.05) is 24.3 Å². The van der Waals surface area contributed by atoms with E-state index < -0.39 is 0 Å². The molecule has 0 atom stereocenters. The van der Waals surface area contributed by atoms with Gasteiger partial charge in [0.25, 0.3) is 5.91 Å². The number of hydrazone groups is 1. The third-order valence-electron chi connectivity index (χ3n) is 3.97. The van der Waals surface area contributed by atoms with Gasteiger partial charge in [-0.2, -0.15) is 5.10 Å². The monoisotopic (exact) mass is 354 g/mol. The number of amides is 1. The molecule has 26 heavy (non-hydrogen) atoms. The SMILES string of the molecule is CCN(CC)c1ccc(/C=N/NC(=O)CNc2ccccc2OC)cc1. The van der Waals surface area contributed by atoms with Crippen molar-refractivity contribution in [2.24, 2.45) is 5.10 Å². The summed E-state index contributed by atoms with van der Waals surface area (Å²) in [4.78, 5) is 14.2. The van der Waals surface area contributed by atoms with Crippen molar-refractivity contribution in [1.82, 2.24) is 5.43 Å². The van der Waals surface area contributed by atoms with Gasteiger partial charge in [0.05, 0.1) is 25.6 Å². The fraction of sp³-hybridized carbons (Fsp3) is 0.300. The molecule has 0 radical (unpaired) electrons. The van der Waals surface area contributed by atoms with Crippen LogP contribution in [-0.2, 0) is 4.79 Å². The largest absolute Gasteiger partial charge is 0.495 e. The fourth-order valence-electron chi connectivity index (χ4n) is 2.54. The molecule has 0 aliphatic rings. The van der Waals surface area contributed by atoms with Gasteiger partial charge in [0.2, 0.25) is 0 Å². The normalized spacial score (nSPS) is 10.6. The number of para-hydroxylation sites is 2. The van der Waals surface area contributed by atoms with Crippen LogP contribution in [0.5, 0.6) is 5.75 Å². The molecule has 6 heteroatoms. The van der Waals surface area contributed by atoms with Gasteiger partial charge in [0.15, 0.2) is 0 Å². The maximum atomic E-state index is 11.9. The predicted octanol–water partition coefficient (Wildman–Crippen LogP) is 3.10. The molecule has 2 rings (SSSR count). The summed E-state index contributed by atoms with van der Waals surface area (Å²) in [5, 5.41) is 7.03. The van der Waals surface area contributed by atoms with E-state index in [-0.39, 0.29) is 12.5 Å². The summed E-state index contributed by atoms with van der Waals surface area (Å²) in [6.07, 6.45) is 1.63. The lowest BCUT2D eigenvalue weighted by Crippen LogP contribution is -2.26. The first-order chi connectivity index (χ1) is 12.7. The van der Waals surface area contributed by atoms with Crippen molar-refractivity contribution in [3.63, 3.8) is 0 Å². The molecule has 0 unspecified atom stereocenters. The Labute approximate surface area is 154 Å². The van der Waals surface area contributed by atoms with E-state index in [9.17, 15) is 4.79 Å². The van der Waals surface area contributed by atoms with Crippen LogP contribution in [0.1, 0.15) is 19.4 Å². The van der Waals surface area contributed by atoms with Crippen molar-refractivity contribution in [3.8, 4) is 5.75 Å². The highest BCUT2D eigenvalue weighted by Gasteiger charge is 2.04. The maximum absolute atomic E-state index is 11.9. The van der Waals surface area contributed by atoms with E-state index in [4.69, 9.17) is 4.74 Å². The molecule has 0 bridgehead atoms. The molecule has 2 N–H and O–H groups in total. The van der Waals surface area contributed by atoms with Crippen molar-refractivity contribution in [1.29, 1.82) is 0 Å². The second-order valence-electron chi connectivity index (χ2n) is 5.61. The summed E-state index contributed by atoms with van der Waals surface area (Å²) < 4.78 is 5.23. The number of ether oxygens (including phenoxy) is 1. The highest BCUT2D eigenvalue weighted by atomic mass is 16.5. The smallest absolute Gasteiger partial charge is 0.259 e. The lowest BCUT2D eigenvalue weighted by atomic mass is 10.2. The van der Waals surface area contributed by atoms with Gasteiger partial charge < -0.3 is 15.0 Å². The van der Waals surface area contributed by atoms with Crippen molar-refractivity contribution < 1.29 is 9.53 Å². The molecule has 0 aliphatic carbocycles. The lowest BCUT2D eigenvalue weighted by molar-refractivity contribution is -0.119. The number of carbonyl (C=O) groups excluding carboxylic acids is 1. The molecule has 6 nitrogen and oxygen atoms in total. The minimum absolute atomic E-state index is 0.110. The molecular weight excluding hydrogens is 328 g/mol. The van der Waals surface area contributed by atoms with Crippen molar-refractivity contribution in [2.45, 2.75) is 13.8 Å². The first-order valence-corrected chi connectivity index (χ1v) is 8.71. The maximum Gasteiger partial charge on any atom is 0.259 e. The molecule has 0 saturated carbocycles. The number of benzene rings is 2. The quantitative estimate of drug-likeness (QED) is 0.536. The van der Waals surface area contributed by atoms with Crippen LogP contribution >= 0.6 is 0 Å². The summed E-state index contributed by atoms with van der Waals surface area (Å²) in [6, 6.07) is 15.5. The van der Waals surface area contributed by atoms with E-state index in [0.29, 0.717) is 5.75 Å². The Balaban J connectivity index is 1.83. The Morgan fingerprint density at radius 3 is 2.46 bits per heavy atom. The molecule has 1 amide bonds. The minimum atomic E-state index is -0.230. The molecule has 0 aliphatic heterocycles. The van der Waals surface area contributed by atoms with E-state index in [0.717, 1.165) is 24.3 Å². The lowest BCUT2D eigenvalue weighted by Gasteiger charge is -2.20. The zero-order valence-corrected chi connectivity index (χ0v) is 15.5. The van der Waals surface area contributed by atoms with Crippen molar-refractivity contribution >= 4 is 23.5 Å². The molecule has 0 aromatic heterocycles. The molecule has 0 saturated heterocycles. The van der Waals surface area contributed by atoms with Gasteiger partial charge in [-0.3, -0.25) is 4.79 Å². The molecule has 2 aromatic rings. The van der Waals surface area contributed by atoms with Gasteiger partial charge in [-0.15, -0.1) is 0 Å². The van der Waals surface area contributed by atoms with Crippen LogP contribution in [0.25, 0.3) is 0 Å². The Morgan fingerprint density at radius 2 is 1.81 bits per heavy atom. The number of rotatable bonds is 9. The predicted molar refractivity (Wildman–Crippen MR) is 107 cm³/mol. The molecular formula is C20H26N4O2. The molecule has 2 aromatic carbocycles. The Bertz CT molecular complexity index is 725. The topological polar surface area (TPSA) is 66.0 Å². The van der Waals surface area contributed by atoms with Crippen LogP contribution < -0.4 is 20.4 Å². The number of methoxy groups -OCH3 is 1. The first-order valence-electron chi connectivity index (χ1n) is 8.71. The van der Waals surface area contributed by atoms with Crippen LogP contribution in [0, 0.1) is 0 Å². The standard InChI is InChI=1S/C20H26N4O2/c1-4-24(5-2)17-12-10-16(11-13-17)14-22-23-20(25)15-21-18-8-6-7-9-19(18)26-3/h6-14,21H,4-5,15H2,1-3H3,(H,23,25)/b22-14+. The molecule has 0 fully saturated rings. The highest BCUT2D eigenvalue weighted by molar-refractivity contribution is 5.84. The Kier molecular flexibility index (Phi) is 7.49. The van der Waals surface area contributed by atoms with Crippen molar-refractivity contribution in [3.05, 3.63) is 54.1 Å². The van der Waals surface area contributed by atoms with Crippen LogP contribution in [0.3, 0.4) is 0 Å². The van der Waals surface area contributed by atoms with Crippen LogP contribution in [0.15, 0.2) is 53.6 Å². The van der Waals surface area contributed by atoms with Crippen LogP contribution in [0.4, 0.5) is 11.4 Å². The number of nitrogens with one attached hydrogen (secondary N) is 2. The number of hydrogen-bond donors (Lipinski definition) is 2. The second-order valence-corrected chi connectivity index (χ2v) is 5.61. The average molecular weight is 354 g/mol. The van der Waals surface area contributed by atoms with Crippen molar-refractivity contribution in [2.75, 3.05) is 37.0 Å². The van der Waals surface area contributed by atoms with Gasteiger partial charge >= 0.3 is 0 Å². The minimum Gasteiger partial charge on any atom is -0.495 e. The highest BCUT2D eigenvalue weighted by Crippen LogP contribution is 2.22. The van der Waals surface area contributed by atoms with Gasteiger partial charge in [0, 0.05) is 18.8 Å². The van der Waals surface area contributed by atoms with E-state index in [1.807, 2.05) is 36.4 Å². The zero-order valence-electron chi connectivity index (χ0n) is 15.5. The molecule has 0 heterocycles. The summed E-state index contributed by atoms with van der Waals surface area (Å²) in [5.41, 5.74) is 5.39. The second kappa shape index (κ2) is 10.1. The Morgan fingerprint density at radius 1 is 1.12 bits per heavy atom. The van der Waals surface area contributed by atoms with Gasteiger partial charge in [0.1, 0.15) is 5.75 Å². The van der Waals surface area contributed by atoms with E-state index in [1.165, 1.54) is 5.69 Å². The summed E-state index contributed by atoms with van der Waals surface area (Å²) in [6.45, 7) is 6.32. The van der Waals surface area contributed by atoms with E-state index >= 15 is 0 Å². The summed E-state index contributed by atoms with van der Waals surface area (Å²) >= 11 is 0. The summed E-state index contributed by atoms with van der Waals surface area (Å²) in [5.74, 6) is 0.462. The number of nitrogens with zero attached hydrogens (tertiary/aromatic N) is 2. The third kappa shape index (κ3) is 5.51. The average Bonchev–Trinajstić information content (AvgIpc) is 2.68.